The molecule has 9 aromatic rings. The first kappa shape index (κ1) is 130. The molecule has 5 aliphatic rings. The number of imidazole rings is 1. The van der Waals surface area contributed by atoms with Gasteiger partial charge >= 0.3 is 12.2 Å². The number of aliphatic hydroxyl groups is 3. The summed E-state index contributed by atoms with van der Waals surface area (Å²) in [5, 5.41) is 52.1. The summed E-state index contributed by atoms with van der Waals surface area (Å²) in [7, 11) is 0. The van der Waals surface area contributed by atoms with Crippen molar-refractivity contribution in [3.05, 3.63) is 302 Å². The molecular formula is C117H164Cl4F8N10O10. The highest BCUT2D eigenvalue weighted by atomic mass is 35.5. The molecule has 2 heterocycles. The number of nitrogens with one attached hydrogen (secondary N) is 6. The molecular weight excluding hydrogens is 2000 g/mol. The molecule has 8 atom stereocenters. The number of benzene rings is 8. The van der Waals surface area contributed by atoms with E-state index in [-0.39, 0.29) is 135 Å². The lowest BCUT2D eigenvalue weighted by Crippen LogP contribution is -2.53. The van der Waals surface area contributed by atoms with Gasteiger partial charge in [-0.05, 0) is 258 Å². The average Bonchev–Trinajstić information content (AvgIpc) is 1.45. The van der Waals surface area contributed by atoms with E-state index in [2.05, 4.69) is 189 Å². The Morgan fingerprint density at radius 1 is 0.409 bits per heavy atom. The molecule has 4 aliphatic carbocycles. The van der Waals surface area contributed by atoms with Crippen LogP contribution in [-0.2, 0) is 66.8 Å². The van der Waals surface area contributed by atoms with Crippen LogP contribution < -0.4 is 43.4 Å². The summed E-state index contributed by atoms with van der Waals surface area (Å²) in [5.41, 5.74) is 22.6. The monoisotopic (exact) mass is 2160 g/mol. The van der Waals surface area contributed by atoms with Gasteiger partial charge in [0.2, 0.25) is 11.8 Å². The van der Waals surface area contributed by atoms with Gasteiger partial charge in [-0.15, -0.1) is 49.6 Å². The number of aliphatic hydroxyl groups excluding tert-OH is 3. The zero-order valence-electron chi connectivity index (χ0n) is 89.5. The van der Waals surface area contributed by atoms with Crippen LogP contribution in [0, 0.1) is 46.5 Å². The molecule has 3 amide bonds. The summed E-state index contributed by atoms with van der Waals surface area (Å²) in [6.07, 6.45) is 23.5. The van der Waals surface area contributed by atoms with Gasteiger partial charge in [0.1, 0.15) is 70.2 Å². The first-order chi connectivity index (χ1) is 68.5. The maximum absolute atomic E-state index is 13.9. The second-order valence-corrected chi connectivity index (χ2v) is 43.4. The minimum Gasteiger partial charge on any atom is -0.444 e. The van der Waals surface area contributed by atoms with Gasteiger partial charge in [0.05, 0.1) is 43.0 Å². The van der Waals surface area contributed by atoms with Crippen molar-refractivity contribution in [1.82, 2.24) is 41.5 Å². The molecule has 0 radical (unpaired) electrons. The Bertz CT molecular complexity index is 5470. The van der Waals surface area contributed by atoms with Crippen molar-refractivity contribution >= 4 is 73.6 Å². The molecule has 5 fully saturated rings. The molecule has 0 spiro atoms. The minimum atomic E-state index is -1.02. The van der Waals surface area contributed by atoms with Crippen LogP contribution in [0.15, 0.2) is 189 Å². The highest BCUT2D eigenvalue weighted by Gasteiger charge is 2.41. The number of carbonyl (C=O) groups is 4. The second kappa shape index (κ2) is 61.7. The predicted octanol–water partition coefficient (Wildman–Crippen LogP) is 25.0. The van der Waals surface area contributed by atoms with Gasteiger partial charge in [-0.25, -0.2) is 49.7 Å². The number of hydrogen-bond donors (Lipinski definition) is 11. The van der Waals surface area contributed by atoms with Crippen molar-refractivity contribution < 1.29 is 83.8 Å². The summed E-state index contributed by atoms with van der Waals surface area (Å²) in [4.78, 5) is 50.3. The van der Waals surface area contributed by atoms with Gasteiger partial charge in [0.15, 0.2) is 0 Å². The zero-order chi connectivity index (χ0) is 106. The molecule has 1 aromatic heterocycles. The predicted molar refractivity (Wildman–Crippen MR) is 587 cm³/mol. The van der Waals surface area contributed by atoms with E-state index < -0.39 is 106 Å². The minimum absolute atomic E-state index is 0. The van der Waals surface area contributed by atoms with Crippen LogP contribution in [0.5, 0.6) is 0 Å². The summed E-state index contributed by atoms with van der Waals surface area (Å²) in [6, 6.07) is 45.6. The summed E-state index contributed by atoms with van der Waals surface area (Å²) < 4.78 is 125. The fourth-order valence-corrected chi connectivity index (χ4v) is 19.6. The molecule has 4 saturated carbocycles. The number of nitrogens with two attached hydrogens (primary N) is 2. The molecule has 8 aromatic carbocycles. The van der Waals surface area contributed by atoms with E-state index >= 15 is 0 Å². The Hall–Kier alpha value is -9.11. The van der Waals surface area contributed by atoms with Gasteiger partial charge in [-0.3, -0.25) is 14.2 Å². The average molecular weight is 2160 g/mol. The number of hydrogen-bond acceptors (Lipinski definition) is 16. The lowest BCUT2D eigenvalue weighted by molar-refractivity contribution is -0.120. The normalized spacial score (nSPS) is 17.2. The third-order valence-corrected chi connectivity index (χ3v) is 27.7. The molecule has 1 aliphatic heterocycles. The molecule has 1 saturated heterocycles. The topological polar surface area (TPSA) is 302 Å². The van der Waals surface area contributed by atoms with E-state index in [0.717, 1.165) is 114 Å². The number of amides is 3. The summed E-state index contributed by atoms with van der Waals surface area (Å²) >= 11 is 0. The second-order valence-electron chi connectivity index (χ2n) is 43.4. The maximum Gasteiger partial charge on any atom is 0.407 e. The van der Waals surface area contributed by atoms with Crippen LogP contribution in [0.4, 0.5) is 44.7 Å². The Morgan fingerprint density at radius 2 is 0.698 bits per heavy atom. The molecule has 149 heavy (non-hydrogen) atoms. The number of epoxide rings is 1. The molecule has 32 heteroatoms. The number of carbonyl (C=O) groups excluding carboxylic acids is 4. The standard InChI is InChI=1S/C30H42F2N2O3.C27H36F2N2O2.C25H34F2N2O.C15H19F2NO3.C15H23N.C5H6N2O.4ClH/c1-20(2)22-10-9-11-23(17-22)30(12-7-6-8-13-30)33-19-27(35)26(34-28(36)37-29(3,4)5)16-21-14-24(31)18-25(32)15-21;1-18(2)21-8-7-9-22(15-21)27(10-5-4-6-11-27)30-17-26(33)25(31-19(3)32)14-20-12-23(28)16-24(29)13-20;1-17(2)19-7-6-8-20(14-19)25(9-4-3-5-10-25)29-16-24(30)23(28)13-18-11-21(26)15-22(27)12-18;1-15(2,3)21-14(19)18-12(13-8-20-13)6-9-4-10(16)7-11(17)5-9;1-12(2)13-7-6-8-14(11-13)15(16)9-4-3-5-10-15;1-5(8)7-3-2-6-4-7;;;;/h9-11,14-15,17-18,20,26-27,33,35H,6-8,12-13,16,19H2,1-5H3,(H,34,36);7-9,12-13,15-16,18,25-26,30,33H,4-6,10-11,14,17H2,1-3H3,(H,31,32);6-8,11-12,14-15,17,23-24,29-30H,3-5,9-10,13,16,28H2,1-2H3;4-5,7,12-13H,6,8H2,1-3H3,(H,18,19);6-8,11-12H,3-5,9-10,16H2,1-2H3;2-4H,1H3;4*1H/t26-,27+;25-,26+;23-,24+;12-,13+;;;;;;/m0000....../s1. The number of ether oxygens (including phenoxy) is 3. The maximum atomic E-state index is 13.9. The summed E-state index contributed by atoms with van der Waals surface area (Å²) in [6.45, 7) is 32.3. The van der Waals surface area contributed by atoms with E-state index in [1.165, 1.54) is 156 Å². The fraction of sp³-hybridized carbons (Fsp3) is 0.530. The van der Waals surface area contributed by atoms with Crippen molar-refractivity contribution in [1.29, 1.82) is 0 Å². The molecule has 826 valence electrons. The fourth-order valence-electron chi connectivity index (χ4n) is 19.6. The smallest absolute Gasteiger partial charge is 0.407 e. The molecule has 14 rings (SSSR count). The van der Waals surface area contributed by atoms with E-state index in [1.807, 2.05) is 0 Å². The summed E-state index contributed by atoms with van der Waals surface area (Å²) in [5.74, 6) is -3.74. The Balaban J connectivity index is 0.000000325. The van der Waals surface area contributed by atoms with Gasteiger partial charge in [-0.2, -0.15) is 0 Å². The van der Waals surface area contributed by atoms with Crippen LogP contribution >= 0.6 is 49.6 Å². The molecule has 13 N–H and O–H groups in total. The van der Waals surface area contributed by atoms with E-state index in [9.17, 15) is 69.6 Å². The molecule has 20 nitrogen and oxygen atoms in total. The van der Waals surface area contributed by atoms with E-state index in [1.54, 1.807) is 53.9 Å². The van der Waals surface area contributed by atoms with Crippen LogP contribution in [0.1, 0.15) is 334 Å². The van der Waals surface area contributed by atoms with Crippen molar-refractivity contribution in [3.8, 4) is 0 Å². The first-order valence-corrected chi connectivity index (χ1v) is 51.9. The number of halogens is 12. The van der Waals surface area contributed by atoms with Gasteiger partial charge in [0, 0.05) is 98.3 Å². The third kappa shape index (κ3) is 43.4. The highest BCUT2D eigenvalue weighted by molar-refractivity contribution is 5.86. The zero-order valence-corrected chi connectivity index (χ0v) is 92.8. The lowest BCUT2D eigenvalue weighted by Gasteiger charge is -2.40. The quantitative estimate of drug-likeness (QED) is 0.0138. The Kier molecular flexibility index (Phi) is 54.0. The SMILES string of the molecule is CC(=O)N[C@@H](Cc1cc(F)cc(F)c1)[C@H](O)CNC1(c2cccc(C(C)C)c2)CCCCC1.CC(=O)n1ccnc1.CC(C)(C)OC(=O)N[C@@H](Cc1cc(F)cc(F)c1)[C@H]1CO1.CC(C)c1cccc(C2(N)CCCCC2)c1.CC(C)c1cccc(C2(NC[C@@H](O)[C@@H](N)Cc3cc(F)cc(F)c3)CCCCC2)c1.CC(C)c1cccc(C2(NC[C@@H](O)[C@H](Cc3cc(F)cc(F)c3)NC(=O)OC(C)(C)C)CCCCC2)c1.Cl.Cl.Cl.Cl. The number of nitrogens with zero attached hydrogens (tertiary/aromatic N) is 2. The number of alkyl carbamates (subject to hydrolysis) is 2. The van der Waals surface area contributed by atoms with Crippen LogP contribution in [-0.4, -0.2) is 135 Å². The molecule has 0 unspecified atom stereocenters. The van der Waals surface area contributed by atoms with E-state index in [4.69, 9.17) is 25.7 Å². The van der Waals surface area contributed by atoms with Crippen molar-refractivity contribution in [2.24, 2.45) is 11.5 Å². The van der Waals surface area contributed by atoms with Gasteiger partial charge in [0.25, 0.3) is 0 Å². The van der Waals surface area contributed by atoms with Crippen molar-refractivity contribution in [2.75, 3.05) is 26.2 Å². The van der Waals surface area contributed by atoms with Crippen LogP contribution in [0.25, 0.3) is 0 Å². The van der Waals surface area contributed by atoms with Gasteiger partial charge in [-0.1, -0.05) is 230 Å². The Labute approximate surface area is 903 Å². The largest absolute Gasteiger partial charge is 0.444 e. The Morgan fingerprint density at radius 3 is 0.987 bits per heavy atom. The van der Waals surface area contributed by atoms with E-state index in [0.29, 0.717) is 59.1 Å². The van der Waals surface area contributed by atoms with Crippen molar-refractivity contribution in [3.63, 3.8) is 0 Å². The molecule has 0 bridgehead atoms. The van der Waals surface area contributed by atoms with Crippen LogP contribution in [0.3, 0.4) is 0 Å². The van der Waals surface area contributed by atoms with Crippen molar-refractivity contribution in [2.45, 2.75) is 370 Å². The van der Waals surface area contributed by atoms with Crippen LogP contribution in [0.2, 0.25) is 0 Å². The highest BCUT2D eigenvalue weighted by Crippen LogP contribution is 2.43. The number of aromatic nitrogens is 2. The van der Waals surface area contributed by atoms with Gasteiger partial charge < -0.3 is 72.9 Å². The number of rotatable bonds is 32. The first-order valence-electron chi connectivity index (χ1n) is 51.9. The third-order valence-electron chi connectivity index (χ3n) is 27.7. The lowest BCUT2D eigenvalue weighted by atomic mass is 9.75.